The second kappa shape index (κ2) is 4.59. The Morgan fingerprint density at radius 3 is 3.00 bits per heavy atom. The topological polar surface area (TPSA) is 30.5 Å². The molecule has 15 heavy (non-hydrogen) atoms. The van der Waals surface area contributed by atoms with Crippen LogP contribution in [0.25, 0.3) is 0 Å². The molecule has 0 aromatic heterocycles. The number of morpholine rings is 1. The van der Waals surface area contributed by atoms with Crippen molar-refractivity contribution in [3.8, 4) is 5.75 Å². The molecule has 3 nitrogen and oxygen atoms in total. The lowest BCUT2D eigenvalue weighted by Crippen LogP contribution is -2.35. The van der Waals surface area contributed by atoms with Crippen LogP contribution in [0.2, 0.25) is 0 Å². The van der Waals surface area contributed by atoms with Crippen LogP contribution >= 0.6 is 0 Å². The van der Waals surface area contributed by atoms with E-state index in [2.05, 4.69) is 5.32 Å². The third kappa shape index (κ3) is 2.27. The van der Waals surface area contributed by atoms with Crippen molar-refractivity contribution in [3.63, 3.8) is 0 Å². The first-order valence-electron chi connectivity index (χ1n) is 4.96. The van der Waals surface area contributed by atoms with Gasteiger partial charge in [0.2, 0.25) is 0 Å². The highest BCUT2D eigenvalue weighted by molar-refractivity contribution is 5.31. The van der Waals surface area contributed by atoms with Gasteiger partial charge in [-0.05, 0) is 6.07 Å². The molecule has 1 fully saturated rings. The summed E-state index contributed by atoms with van der Waals surface area (Å²) in [4.78, 5) is 0. The molecule has 0 radical (unpaired) electrons. The SMILES string of the molecule is COc1ccc([C@H]2COCCN2)c(F)c1. The molecule has 0 saturated carbocycles. The first kappa shape index (κ1) is 10.4. The molecule has 1 aromatic carbocycles. The lowest BCUT2D eigenvalue weighted by molar-refractivity contribution is 0.0757. The number of hydrogen-bond acceptors (Lipinski definition) is 3. The van der Waals surface area contributed by atoms with Gasteiger partial charge in [0.1, 0.15) is 11.6 Å². The van der Waals surface area contributed by atoms with Crippen LogP contribution in [0.5, 0.6) is 5.75 Å². The fraction of sp³-hybridized carbons (Fsp3) is 0.455. The van der Waals surface area contributed by atoms with Crippen molar-refractivity contribution in [2.75, 3.05) is 26.9 Å². The van der Waals surface area contributed by atoms with Gasteiger partial charge in [-0.25, -0.2) is 4.39 Å². The first-order valence-corrected chi connectivity index (χ1v) is 4.96. The fourth-order valence-corrected chi connectivity index (χ4v) is 1.68. The number of ether oxygens (including phenoxy) is 2. The van der Waals surface area contributed by atoms with Crippen molar-refractivity contribution in [1.29, 1.82) is 0 Å². The second-order valence-corrected chi connectivity index (χ2v) is 3.47. The van der Waals surface area contributed by atoms with Crippen LogP contribution < -0.4 is 10.1 Å². The molecule has 0 bridgehead atoms. The molecule has 1 heterocycles. The minimum absolute atomic E-state index is 0.0512. The highest BCUT2D eigenvalue weighted by atomic mass is 19.1. The third-order valence-corrected chi connectivity index (χ3v) is 2.50. The van der Waals surface area contributed by atoms with E-state index >= 15 is 0 Å². The molecule has 1 saturated heterocycles. The van der Waals surface area contributed by atoms with E-state index in [4.69, 9.17) is 9.47 Å². The van der Waals surface area contributed by atoms with Crippen molar-refractivity contribution in [2.24, 2.45) is 0 Å². The summed E-state index contributed by atoms with van der Waals surface area (Å²) in [6, 6.07) is 4.84. The number of halogens is 1. The number of nitrogens with one attached hydrogen (secondary N) is 1. The Balaban J connectivity index is 2.19. The zero-order valence-corrected chi connectivity index (χ0v) is 8.63. The lowest BCUT2D eigenvalue weighted by Gasteiger charge is -2.24. The second-order valence-electron chi connectivity index (χ2n) is 3.47. The quantitative estimate of drug-likeness (QED) is 0.804. The average Bonchev–Trinajstić information content (AvgIpc) is 2.30. The molecule has 1 N–H and O–H groups in total. The average molecular weight is 211 g/mol. The predicted octanol–water partition coefficient (Wildman–Crippen LogP) is 1.50. The summed E-state index contributed by atoms with van der Waals surface area (Å²) in [7, 11) is 1.52. The fourth-order valence-electron chi connectivity index (χ4n) is 1.68. The maximum Gasteiger partial charge on any atom is 0.131 e. The normalized spacial score (nSPS) is 21.3. The van der Waals surface area contributed by atoms with Crippen LogP contribution in [0.1, 0.15) is 11.6 Å². The van der Waals surface area contributed by atoms with E-state index in [-0.39, 0.29) is 11.9 Å². The van der Waals surface area contributed by atoms with E-state index in [9.17, 15) is 4.39 Å². The van der Waals surface area contributed by atoms with Crippen molar-refractivity contribution in [1.82, 2.24) is 5.32 Å². The van der Waals surface area contributed by atoms with Crippen molar-refractivity contribution in [2.45, 2.75) is 6.04 Å². The summed E-state index contributed by atoms with van der Waals surface area (Å²) in [5.41, 5.74) is 0.635. The smallest absolute Gasteiger partial charge is 0.131 e. The van der Waals surface area contributed by atoms with E-state index in [0.717, 1.165) is 6.54 Å². The van der Waals surface area contributed by atoms with Crippen LogP contribution in [0.4, 0.5) is 4.39 Å². The van der Waals surface area contributed by atoms with Crippen LogP contribution in [0, 0.1) is 5.82 Å². The molecule has 82 valence electrons. The van der Waals surface area contributed by atoms with Gasteiger partial charge in [0.05, 0.1) is 26.4 Å². The number of methoxy groups -OCH3 is 1. The van der Waals surface area contributed by atoms with Gasteiger partial charge in [0, 0.05) is 18.2 Å². The number of hydrogen-bond donors (Lipinski definition) is 1. The maximum absolute atomic E-state index is 13.6. The van der Waals surface area contributed by atoms with Gasteiger partial charge in [-0.15, -0.1) is 0 Å². The molecule has 0 unspecified atom stereocenters. The van der Waals surface area contributed by atoms with E-state index in [0.29, 0.717) is 24.5 Å². The van der Waals surface area contributed by atoms with E-state index in [1.165, 1.54) is 13.2 Å². The largest absolute Gasteiger partial charge is 0.497 e. The summed E-state index contributed by atoms with van der Waals surface area (Å²) in [6.45, 7) is 1.97. The minimum atomic E-state index is -0.252. The Morgan fingerprint density at radius 1 is 1.53 bits per heavy atom. The lowest BCUT2D eigenvalue weighted by atomic mass is 10.1. The first-order chi connectivity index (χ1) is 7.31. The van der Waals surface area contributed by atoms with Gasteiger partial charge < -0.3 is 14.8 Å². The zero-order valence-electron chi connectivity index (χ0n) is 8.63. The molecule has 0 amide bonds. The predicted molar refractivity (Wildman–Crippen MR) is 54.5 cm³/mol. The molecule has 1 aliphatic heterocycles. The Bertz CT molecular complexity index is 337. The molecule has 1 aliphatic rings. The highest BCUT2D eigenvalue weighted by Gasteiger charge is 2.18. The summed E-state index contributed by atoms with van der Waals surface area (Å²) in [5.74, 6) is 0.283. The van der Waals surface area contributed by atoms with Gasteiger partial charge in [0.15, 0.2) is 0 Å². The molecule has 0 aliphatic carbocycles. The monoisotopic (exact) mass is 211 g/mol. The molecule has 1 atom stereocenters. The molecule has 2 rings (SSSR count). The zero-order chi connectivity index (χ0) is 10.7. The summed E-state index contributed by atoms with van der Waals surface area (Å²) in [6.07, 6.45) is 0. The van der Waals surface area contributed by atoms with E-state index in [1.807, 2.05) is 0 Å². The maximum atomic E-state index is 13.6. The highest BCUT2D eigenvalue weighted by Crippen LogP contribution is 2.23. The van der Waals surface area contributed by atoms with Crippen molar-refractivity contribution in [3.05, 3.63) is 29.6 Å². The summed E-state index contributed by atoms with van der Waals surface area (Å²) in [5, 5.41) is 3.21. The van der Waals surface area contributed by atoms with Gasteiger partial charge >= 0.3 is 0 Å². The molecule has 4 heteroatoms. The Labute approximate surface area is 88.2 Å². The third-order valence-electron chi connectivity index (χ3n) is 2.50. The number of rotatable bonds is 2. The molecular weight excluding hydrogens is 197 g/mol. The Morgan fingerprint density at radius 2 is 2.40 bits per heavy atom. The van der Waals surface area contributed by atoms with Gasteiger partial charge in [0.25, 0.3) is 0 Å². The van der Waals surface area contributed by atoms with Crippen molar-refractivity contribution >= 4 is 0 Å². The van der Waals surface area contributed by atoms with Gasteiger partial charge in [-0.2, -0.15) is 0 Å². The molecule has 0 spiro atoms. The minimum Gasteiger partial charge on any atom is -0.497 e. The molecular formula is C11H14FNO2. The van der Waals surface area contributed by atoms with Crippen LogP contribution in [-0.2, 0) is 4.74 Å². The number of benzene rings is 1. The summed E-state index contributed by atoms with van der Waals surface area (Å²) >= 11 is 0. The Hall–Kier alpha value is -1.13. The molecule has 1 aromatic rings. The van der Waals surface area contributed by atoms with Crippen LogP contribution in [0.3, 0.4) is 0 Å². The van der Waals surface area contributed by atoms with Crippen molar-refractivity contribution < 1.29 is 13.9 Å². The standard InChI is InChI=1S/C11H14FNO2/c1-14-8-2-3-9(10(12)6-8)11-7-15-5-4-13-11/h2-3,6,11,13H,4-5,7H2,1H3/t11-/m1/s1. The van der Waals surface area contributed by atoms with Gasteiger partial charge in [-0.3, -0.25) is 0 Å². The van der Waals surface area contributed by atoms with Crippen LogP contribution in [-0.4, -0.2) is 26.9 Å². The van der Waals surface area contributed by atoms with E-state index < -0.39 is 0 Å². The summed E-state index contributed by atoms with van der Waals surface area (Å²) < 4.78 is 23.9. The Kier molecular flexibility index (Phi) is 3.18. The van der Waals surface area contributed by atoms with Crippen LogP contribution in [0.15, 0.2) is 18.2 Å². The van der Waals surface area contributed by atoms with E-state index in [1.54, 1.807) is 12.1 Å². The van der Waals surface area contributed by atoms with Gasteiger partial charge in [-0.1, -0.05) is 6.07 Å².